The van der Waals surface area contributed by atoms with Gasteiger partial charge in [-0.1, -0.05) is 41.9 Å². The molecule has 1 amide bonds. The highest BCUT2D eigenvalue weighted by Crippen LogP contribution is 2.38. The number of hydrogen-bond acceptors (Lipinski definition) is 3. The molecule has 1 unspecified atom stereocenters. The molecule has 4 rings (SSSR count). The Bertz CT molecular complexity index is 912. The van der Waals surface area contributed by atoms with Crippen molar-refractivity contribution in [2.24, 2.45) is 0 Å². The summed E-state index contributed by atoms with van der Waals surface area (Å²) in [5.74, 6) is 0.250. The predicted octanol–water partition coefficient (Wildman–Crippen LogP) is 4.94. The van der Waals surface area contributed by atoms with Crippen molar-refractivity contribution >= 4 is 23.2 Å². The number of benzene rings is 2. The number of halogens is 1. The highest BCUT2D eigenvalue weighted by atomic mass is 35.5. The van der Waals surface area contributed by atoms with Gasteiger partial charge in [0.05, 0.1) is 11.8 Å². The second-order valence-corrected chi connectivity index (χ2v) is 9.40. The van der Waals surface area contributed by atoms with Gasteiger partial charge in [0.1, 0.15) is 0 Å². The van der Waals surface area contributed by atoms with E-state index < -0.39 is 6.10 Å². The number of aryl methyl sites for hydroxylation is 2. The maximum absolute atomic E-state index is 12.2. The van der Waals surface area contributed by atoms with E-state index in [0.29, 0.717) is 6.42 Å². The third kappa shape index (κ3) is 5.31. The molecule has 2 heterocycles. The first kappa shape index (κ1) is 22.3. The molecule has 0 radical (unpaired) electrons. The van der Waals surface area contributed by atoms with Crippen LogP contribution in [-0.4, -0.2) is 42.6 Å². The molecule has 0 bridgehead atoms. The van der Waals surface area contributed by atoms with Gasteiger partial charge in [0, 0.05) is 24.5 Å². The van der Waals surface area contributed by atoms with E-state index in [1.54, 1.807) is 0 Å². The standard InChI is InChI=1S/C26H33ClN2O2/c1-28(16-13-19-7-2-3-9-23(19)27)14-5-4-10-24(30)22-17-20-8-6-15-29-25(31)12-11-21(18-22)26(20)29/h2-3,7,9,17-18,24,30H,4-6,8,10-16H2,1H3. The molecule has 1 atom stereocenters. The van der Waals surface area contributed by atoms with E-state index in [0.717, 1.165) is 80.9 Å². The second kappa shape index (κ2) is 10.2. The zero-order valence-electron chi connectivity index (χ0n) is 18.4. The summed E-state index contributed by atoms with van der Waals surface area (Å²) in [6.07, 6.45) is 6.77. The van der Waals surface area contributed by atoms with Gasteiger partial charge in [-0.3, -0.25) is 4.79 Å². The molecular formula is C26H33ClN2O2. The van der Waals surface area contributed by atoms with E-state index in [-0.39, 0.29) is 5.91 Å². The van der Waals surface area contributed by atoms with Crippen molar-refractivity contribution in [3.05, 3.63) is 63.7 Å². The van der Waals surface area contributed by atoms with Crippen LogP contribution in [-0.2, 0) is 24.1 Å². The van der Waals surface area contributed by atoms with Crippen molar-refractivity contribution in [1.82, 2.24) is 4.90 Å². The van der Waals surface area contributed by atoms with Crippen LogP contribution in [0.25, 0.3) is 0 Å². The van der Waals surface area contributed by atoms with Crippen molar-refractivity contribution in [3.8, 4) is 0 Å². The van der Waals surface area contributed by atoms with Crippen LogP contribution in [0.3, 0.4) is 0 Å². The summed E-state index contributed by atoms with van der Waals surface area (Å²) in [6.45, 7) is 2.84. The van der Waals surface area contributed by atoms with Crippen LogP contribution in [0.5, 0.6) is 0 Å². The van der Waals surface area contributed by atoms with Gasteiger partial charge in [-0.05, 0) is 86.9 Å². The van der Waals surface area contributed by atoms with Crippen molar-refractivity contribution in [1.29, 1.82) is 0 Å². The van der Waals surface area contributed by atoms with E-state index in [1.165, 1.54) is 16.7 Å². The zero-order valence-corrected chi connectivity index (χ0v) is 19.2. The van der Waals surface area contributed by atoms with Crippen LogP contribution in [0.1, 0.15) is 60.5 Å². The van der Waals surface area contributed by atoms with E-state index in [4.69, 9.17) is 11.6 Å². The Morgan fingerprint density at radius 1 is 1.10 bits per heavy atom. The van der Waals surface area contributed by atoms with Gasteiger partial charge in [0.25, 0.3) is 0 Å². The normalized spacial score (nSPS) is 16.5. The van der Waals surface area contributed by atoms with E-state index >= 15 is 0 Å². The average Bonchev–Trinajstić information content (AvgIpc) is 2.78. The van der Waals surface area contributed by atoms with Crippen LogP contribution >= 0.6 is 11.6 Å². The molecule has 2 aliphatic rings. The summed E-state index contributed by atoms with van der Waals surface area (Å²) in [7, 11) is 2.15. The first-order chi connectivity index (χ1) is 15.0. The molecule has 0 spiro atoms. The van der Waals surface area contributed by atoms with Gasteiger partial charge in [-0.15, -0.1) is 0 Å². The fraction of sp³-hybridized carbons (Fsp3) is 0.500. The van der Waals surface area contributed by atoms with E-state index in [9.17, 15) is 9.90 Å². The largest absolute Gasteiger partial charge is 0.388 e. The lowest BCUT2D eigenvalue weighted by atomic mass is 9.88. The molecular weight excluding hydrogens is 408 g/mol. The zero-order chi connectivity index (χ0) is 21.8. The molecule has 2 aromatic carbocycles. The molecule has 0 aromatic heterocycles. The number of anilines is 1. The number of amides is 1. The minimum Gasteiger partial charge on any atom is -0.388 e. The molecule has 2 aliphatic heterocycles. The molecule has 1 N–H and O–H groups in total. The molecule has 0 fully saturated rings. The molecule has 5 heteroatoms. The van der Waals surface area contributed by atoms with Crippen molar-refractivity contribution in [2.75, 3.05) is 31.6 Å². The summed E-state index contributed by atoms with van der Waals surface area (Å²) in [4.78, 5) is 16.5. The van der Waals surface area contributed by atoms with Gasteiger partial charge in [0.15, 0.2) is 0 Å². The van der Waals surface area contributed by atoms with Crippen molar-refractivity contribution in [3.63, 3.8) is 0 Å². The monoisotopic (exact) mass is 440 g/mol. The molecule has 0 saturated heterocycles. The summed E-state index contributed by atoms with van der Waals surface area (Å²) < 4.78 is 0. The lowest BCUT2D eigenvalue weighted by Gasteiger charge is -2.36. The molecule has 0 aliphatic carbocycles. The van der Waals surface area contributed by atoms with Gasteiger partial charge in [-0.25, -0.2) is 0 Å². The maximum atomic E-state index is 12.2. The minimum absolute atomic E-state index is 0.250. The number of rotatable bonds is 9. The Kier molecular flexibility index (Phi) is 7.31. The molecule has 166 valence electrons. The Labute approximate surface area is 190 Å². The Morgan fingerprint density at radius 3 is 2.68 bits per heavy atom. The van der Waals surface area contributed by atoms with Gasteiger partial charge in [0.2, 0.25) is 5.91 Å². The highest BCUT2D eigenvalue weighted by molar-refractivity contribution is 6.31. The highest BCUT2D eigenvalue weighted by Gasteiger charge is 2.30. The number of nitrogens with zero attached hydrogens (tertiary/aromatic N) is 2. The fourth-order valence-electron chi connectivity index (χ4n) is 4.88. The lowest BCUT2D eigenvalue weighted by molar-refractivity contribution is -0.119. The fourth-order valence-corrected chi connectivity index (χ4v) is 5.11. The third-order valence-electron chi connectivity index (χ3n) is 6.67. The molecule has 0 saturated carbocycles. The number of aliphatic hydroxyl groups is 1. The lowest BCUT2D eigenvalue weighted by Crippen LogP contribution is -2.39. The summed E-state index contributed by atoms with van der Waals surface area (Å²) in [6, 6.07) is 12.3. The van der Waals surface area contributed by atoms with Crippen molar-refractivity contribution in [2.45, 2.75) is 57.5 Å². The summed E-state index contributed by atoms with van der Waals surface area (Å²) in [5.41, 5.74) is 5.84. The summed E-state index contributed by atoms with van der Waals surface area (Å²) >= 11 is 6.25. The Morgan fingerprint density at radius 2 is 1.87 bits per heavy atom. The first-order valence-corrected chi connectivity index (χ1v) is 12.0. The van der Waals surface area contributed by atoms with Gasteiger partial charge < -0.3 is 14.9 Å². The van der Waals surface area contributed by atoms with Crippen molar-refractivity contribution < 1.29 is 9.90 Å². The van der Waals surface area contributed by atoms with Crippen LogP contribution < -0.4 is 4.90 Å². The summed E-state index contributed by atoms with van der Waals surface area (Å²) in [5, 5.41) is 11.7. The van der Waals surface area contributed by atoms with Crippen LogP contribution in [0.4, 0.5) is 5.69 Å². The predicted molar refractivity (Wildman–Crippen MR) is 127 cm³/mol. The number of unbranched alkanes of at least 4 members (excludes halogenated alkanes) is 1. The third-order valence-corrected chi connectivity index (χ3v) is 7.04. The number of carbonyl (C=O) groups excluding carboxylic acids is 1. The second-order valence-electron chi connectivity index (χ2n) is 8.99. The molecule has 2 aromatic rings. The van der Waals surface area contributed by atoms with Crippen LogP contribution in [0, 0.1) is 0 Å². The SMILES string of the molecule is CN(CCCCC(O)c1cc2c3c(c1)CCC(=O)N3CCC2)CCc1ccccc1Cl. The van der Waals surface area contributed by atoms with Crippen LogP contribution in [0.15, 0.2) is 36.4 Å². The average molecular weight is 441 g/mol. The number of carbonyl (C=O) groups is 1. The number of likely N-dealkylation sites (N-methyl/N-ethyl adjacent to an activating group) is 1. The Balaban J connectivity index is 1.25. The van der Waals surface area contributed by atoms with E-state index in [1.807, 2.05) is 23.1 Å². The molecule has 31 heavy (non-hydrogen) atoms. The number of hydrogen-bond donors (Lipinski definition) is 1. The number of aliphatic hydroxyl groups excluding tert-OH is 1. The van der Waals surface area contributed by atoms with Crippen LogP contribution in [0.2, 0.25) is 5.02 Å². The maximum Gasteiger partial charge on any atom is 0.227 e. The van der Waals surface area contributed by atoms with Gasteiger partial charge in [-0.2, -0.15) is 0 Å². The van der Waals surface area contributed by atoms with E-state index in [2.05, 4.69) is 30.1 Å². The first-order valence-electron chi connectivity index (χ1n) is 11.6. The quantitative estimate of drug-likeness (QED) is 0.561. The van der Waals surface area contributed by atoms with Gasteiger partial charge >= 0.3 is 0 Å². The minimum atomic E-state index is -0.428. The topological polar surface area (TPSA) is 43.8 Å². The molecule has 4 nitrogen and oxygen atoms in total. The Hall–Kier alpha value is -1.88. The smallest absolute Gasteiger partial charge is 0.227 e.